The average molecular weight is 554 g/mol. The number of hydrogen-bond acceptors (Lipinski definition) is 9. The van der Waals surface area contributed by atoms with Gasteiger partial charge in [-0.25, -0.2) is 15.2 Å². The Morgan fingerprint density at radius 3 is 2.65 bits per heavy atom. The van der Waals surface area contributed by atoms with Gasteiger partial charge >= 0.3 is 0 Å². The first-order valence-corrected chi connectivity index (χ1v) is 13.7. The molecule has 5 rings (SSSR count). The molecule has 0 radical (unpaired) electrons. The van der Waals surface area contributed by atoms with Crippen molar-refractivity contribution in [1.82, 2.24) is 29.6 Å². The molecule has 0 spiro atoms. The van der Waals surface area contributed by atoms with E-state index in [0.717, 1.165) is 43.2 Å². The predicted octanol–water partition coefficient (Wildman–Crippen LogP) is 2.32. The van der Waals surface area contributed by atoms with Crippen molar-refractivity contribution in [3.8, 4) is 5.75 Å². The van der Waals surface area contributed by atoms with E-state index in [2.05, 4.69) is 43.8 Å². The van der Waals surface area contributed by atoms with Gasteiger partial charge in [-0.15, -0.1) is 0 Å². The van der Waals surface area contributed by atoms with Crippen LogP contribution in [-0.2, 0) is 17.9 Å². The number of hydrazine groups is 1. The molecular formula is C28H40FN9O2. The van der Waals surface area contributed by atoms with E-state index >= 15 is 0 Å². The molecule has 40 heavy (non-hydrogen) atoms. The molecule has 3 aromatic rings. The molecule has 1 saturated heterocycles. The van der Waals surface area contributed by atoms with Gasteiger partial charge in [0.15, 0.2) is 17.2 Å². The van der Waals surface area contributed by atoms with Crippen molar-refractivity contribution in [2.45, 2.75) is 45.7 Å². The van der Waals surface area contributed by atoms with Crippen LogP contribution in [0, 0.1) is 5.82 Å². The summed E-state index contributed by atoms with van der Waals surface area (Å²) < 4.78 is 21.3. The number of nitrogens with two attached hydrogens (primary N) is 2. The highest BCUT2D eigenvalue weighted by atomic mass is 19.1. The molecule has 1 amide bonds. The van der Waals surface area contributed by atoms with Crippen LogP contribution in [0.4, 0.5) is 10.1 Å². The molecule has 2 fully saturated rings. The van der Waals surface area contributed by atoms with Gasteiger partial charge in [0.05, 0.1) is 37.3 Å². The molecule has 4 heterocycles. The highest BCUT2D eigenvalue weighted by molar-refractivity contribution is 5.92. The molecule has 5 N–H and O–H groups in total. The first-order chi connectivity index (χ1) is 19.3. The van der Waals surface area contributed by atoms with Crippen LogP contribution in [0.1, 0.15) is 49.6 Å². The van der Waals surface area contributed by atoms with E-state index in [0.29, 0.717) is 5.92 Å². The molecule has 0 unspecified atom stereocenters. The van der Waals surface area contributed by atoms with E-state index in [9.17, 15) is 9.18 Å². The number of carbonyl (C=O) groups excluding carboxylic acids is 1. The standard InChI is InChI=1S/C26H34FN9O2.C2H6/c1-33-7-9-34(10-8-33)22-11-18(17-3-4-17)13-35-14-19(32-25(22)35)15-36(29)16-20(28)26(37)31-12-21-24(27)23(38-2)5-6-30-21;1-2/h5-6,11,13-14,16-17H,3-4,7-10,12,15,28-29H2,1-2H3,(H,31,37);1-2H3/b20-16-;. The number of anilines is 1. The van der Waals surface area contributed by atoms with Crippen molar-refractivity contribution >= 4 is 17.2 Å². The number of ether oxygens (including phenoxy) is 1. The monoisotopic (exact) mass is 553 g/mol. The lowest BCUT2D eigenvalue weighted by molar-refractivity contribution is -0.117. The van der Waals surface area contributed by atoms with Crippen molar-refractivity contribution in [2.75, 3.05) is 45.2 Å². The molecule has 0 bridgehead atoms. The number of imidazole rings is 1. The molecule has 0 atom stereocenters. The van der Waals surface area contributed by atoms with Crippen LogP contribution in [0.5, 0.6) is 5.75 Å². The van der Waals surface area contributed by atoms with E-state index in [1.165, 1.54) is 49.0 Å². The minimum Gasteiger partial charge on any atom is -0.494 e. The summed E-state index contributed by atoms with van der Waals surface area (Å²) in [5, 5.41) is 3.87. The Hall–Kier alpha value is -3.90. The number of methoxy groups -OCH3 is 1. The Morgan fingerprint density at radius 1 is 1.25 bits per heavy atom. The van der Waals surface area contributed by atoms with Crippen LogP contribution >= 0.6 is 0 Å². The predicted molar refractivity (Wildman–Crippen MR) is 153 cm³/mol. The minimum absolute atomic E-state index is 0.0431. The molecule has 1 aliphatic carbocycles. The third kappa shape index (κ3) is 6.80. The number of aromatic nitrogens is 3. The third-order valence-electron chi connectivity index (χ3n) is 6.97. The number of fused-ring (bicyclic) bond motifs is 1. The van der Waals surface area contributed by atoms with Crippen molar-refractivity contribution in [3.05, 3.63) is 65.4 Å². The normalized spacial score (nSPS) is 15.9. The van der Waals surface area contributed by atoms with Gasteiger partial charge in [-0.1, -0.05) is 13.8 Å². The molecule has 1 saturated carbocycles. The molecule has 216 valence electrons. The molecule has 1 aliphatic heterocycles. The lowest BCUT2D eigenvalue weighted by atomic mass is 10.1. The second-order valence-corrected chi connectivity index (χ2v) is 9.90. The quantitative estimate of drug-likeness (QED) is 0.208. The summed E-state index contributed by atoms with van der Waals surface area (Å²) in [5.41, 5.74) is 10.0. The highest BCUT2D eigenvalue weighted by Gasteiger charge is 2.27. The number of carbonyl (C=O) groups is 1. The smallest absolute Gasteiger partial charge is 0.269 e. The first kappa shape index (κ1) is 29.1. The molecule has 2 aliphatic rings. The van der Waals surface area contributed by atoms with Gasteiger partial charge in [0.2, 0.25) is 0 Å². The summed E-state index contributed by atoms with van der Waals surface area (Å²) in [6.45, 7) is 8.03. The van der Waals surface area contributed by atoms with Crippen LogP contribution in [0.15, 0.2) is 42.6 Å². The van der Waals surface area contributed by atoms with E-state index in [1.54, 1.807) is 0 Å². The number of pyridine rings is 2. The van der Waals surface area contributed by atoms with Crippen LogP contribution in [0.2, 0.25) is 0 Å². The fourth-order valence-corrected chi connectivity index (χ4v) is 4.63. The molecular weight excluding hydrogens is 513 g/mol. The fourth-order valence-electron chi connectivity index (χ4n) is 4.63. The molecule has 12 heteroatoms. The van der Waals surface area contributed by atoms with Gasteiger partial charge in [0.1, 0.15) is 5.70 Å². The van der Waals surface area contributed by atoms with Gasteiger partial charge in [0, 0.05) is 57.0 Å². The number of nitrogens with zero attached hydrogens (tertiary/aromatic N) is 6. The van der Waals surface area contributed by atoms with Gasteiger partial charge in [-0.2, -0.15) is 0 Å². The minimum atomic E-state index is -0.633. The maximum atomic E-state index is 14.3. The van der Waals surface area contributed by atoms with E-state index in [4.69, 9.17) is 21.3 Å². The van der Waals surface area contributed by atoms with Gasteiger partial charge < -0.3 is 35.0 Å². The SMILES string of the molecule is CC.COc1ccnc(CNC(=O)/C(N)=C/N(N)Cc2cn3cc(C4CC4)cc(N4CCN(C)CC4)c3n2)c1F. The third-order valence-corrected chi connectivity index (χ3v) is 6.97. The second-order valence-electron chi connectivity index (χ2n) is 9.90. The van der Waals surface area contributed by atoms with Gasteiger partial charge in [-0.3, -0.25) is 9.78 Å². The summed E-state index contributed by atoms with van der Waals surface area (Å²) in [6.07, 6.45) is 9.32. The summed E-state index contributed by atoms with van der Waals surface area (Å²) in [4.78, 5) is 26.0. The number of hydrogen-bond donors (Lipinski definition) is 3. The molecule has 11 nitrogen and oxygen atoms in total. The molecule has 3 aromatic heterocycles. The largest absolute Gasteiger partial charge is 0.494 e. The summed E-state index contributed by atoms with van der Waals surface area (Å²) >= 11 is 0. The number of piperazine rings is 1. The molecule has 0 aromatic carbocycles. The van der Waals surface area contributed by atoms with Crippen LogP contribution in [0.25, 0.3) is 5.65 Å². The Kier molecular flexibility index (Phi) is 9.43. The van der Waals surface area contributed by atoms with Crippen LogP contribution in [-0.4, -0.2) is 70.5 Å². The lowest BCUT2D eigenvalue weighted by Crippen LogP contribution is -2.44. The Labute approximate surface area is 234 Å². The van der Waals surface area contributed by atoms with Crippen LogP contribution < -0.4 is 26.5 Å². The zero-order valence-corrected chi connectivity index (χ0v) is 23.7. The number of amides is 1. The van der Waals surface area contributed by atoms with E-state index < -0.39 is 11.7 Å². The topological polar surface area (TPSA) is 130 Å². The van der Waals surface area contributed by atoms with Crippen LogP contribution in [0.3, 0.4) is 0 Å². The Morgan fingerprint density at radius 2 is 1.98 bits per heavy atom. The average Bonchev–Trinajstić information content (AvgIpc) is 3.73. The van der Waals surface area contributed by atoms with Crippen molar-refractivity contribution in [3.63, 3.8) is 0 Å². The maximum Gasteiger partial charge on any atom is 0.269 e. The summed E-state index contributed by atoms with van der Waals surface area (Å²) in [6, 6.07) is 3.69. The first-order valence-electron chi connectivity index (χ1n) is 13.7. The highest BCUT2D eigenvalue weighted by Crippen LogP contribution is 2.42. The number of nitrogens with one attached hydrogen (secondary N) is 1. The zero-order chi connectivity index (χ0) is 28.8. The van der Waals surface area contributed by atoms with Crippen molar-refractivity contribution < 1.29 is 13.9 Å². The summed E-state index contributed by atoms with van der Waals surface area (Å²) in [5.74, 6) is 5.60. The Bertz CT molecular complexity index is 1350. The second kappa shape index (κ2) is 13.0. The van der Waals surface area contributed by atoms with Gasteiger partial charge in [-0.05, 0) is 37.4 Å². The zero-order valence-electron chi connectivity index (χ0n) is 23.7. The van der Waals surface area contributed by atoms with Crippen molar-refractivity contribution in [1.29, 1.82) is 0 Å². The lowest BCUT2D eigenvalue weighted by Gasteiger charge is -2.34. The van der Waals surface area contributed by atoms with E-state index in [1.807, 2.05) is 20.0 Å². The van der Waals surface area contributed by atoms with Crippen molar-refractivity contribution in [2.24, 2.45) is 11.6 Å². The number of rotatable bonds is 9. The summed E-state index contributed by atoms with van der Waals surface area (Å²) in [7, 11) is 3.50. The van der Waals surface area contributed by atoms with Gasteiger partial charge in [0.25, 0.3) is 5.91 Å². The Balaban J connectivity index is 0.00000181. The van der Waals surface area contributed by atoms with E-state index in [-0.39, 0.29) is 30.2 Å². The maximum absolute atomic E-state index is 14.3. The number of likely N-dealkylation sites (N-methyl/N-ethyl adjacent to an activating group) is 1. The fraction of sp³-hybridized carbons (Fsp3) is 0.464. The number of halogens is 1.